The molecule has 1 amide bonds. The molecule has 3 heterocycles. The van der Waals surface area contributed by atoms with E-state index in [-0.39, 0.29) is 18.0 Å². The number of nitrogens with one attached hydrogen (secondary N) is 1. The zero-order chi connectivity index (χ0) is 12.0. The highest BCUT2D eigenvalue weighted by molar-refractivity contribution is 8.00. The van der Waals surface area contributed by atoms with Crippen LogP contribution in [0, 0.1) is 0 Å². The van der Waals surface area contributed by atoms with Crippen LogP contribution in [0.15, 0.2) is 0 Å². The maximum atomic E-state index is 12.3. The van der Waals surface area contributed by atoms with E-state index in [9.17, 15) is 14.7 Å². The third kappa shape index (κ3) is 1.83. The number of nitrogens with zero attached hydrogens (tertiary/aromatic N) is 1. The van der Waals surface area contributed by atoms with Gasteiger partial charge in [-0.15, -0.1) is 0 Å². The van der Waals surface area contributed by atoms with E-state index in [1.165, 1.54) is 0 Å². The first-order valence-corrected chi connectivity index (χ1v) is 7.11. The van der Waals surface area contributed by atoms with Crippen LogP contribution in [0.4, 0.5) is 0 Å². The molecule has 3 rings (SSSR count). The Hall–Kier alpha value is -0.750. The van der Waals surface area contributed by atoms with Crippen molar-refractivity contribution in [2.45, 2.75) is 42.6 Å². The summed E-state index contributed by atoms with van der Waals surface area (Å²) in [5, 5.41) is 12.9. The molecule has 0 radical (unpaired) electrons. The van der Waals surface area contributed by atoms with Crippen LogP contribution >= 0.6 is 11.8 Å². The number of carbonyl (C=O) groups excluding carboxylic acids is 1. The summed E-state index contributed by atoms with van der Waals surface area (Å²) >= 11 is 1.88. The maximum absolute atomic E-state index is 12.3. The summed E-state index contributed by atoms with van der Waals surface area (Å²) < 4.78 is 0. The van der Waals surface area contributed by atoms with Crippen LogP contribution in [0.3, 0.4) is 0 Å². The Kier molecular flexibility index (Phi) is 2.78. The van der Waals surface area contributed by atoms with Crippen LogP contribution in [-0.2, 0) is 9.59 Å². The number of thioether (sulfide) groups is 1. The van der Waals surface area contributed by atoms with Gasteiger partial charge in [-0.05, 0) is 19.3 Å². The molecule has 3 fully saturated rings. The lowest BCUT2D eigenvalue weighted by Crippen LogP contribution is -2.52. The van der Waals surface area contributed by atoms with Crippen molar-refractivity contribution in [1.82, 2.24) is 10.2 Å². The van der Waals surface area contributed by atoms with Gasteiger partial charge in [0.1, 0.15) is 6.04 Å². The van der Waals surface area contributed by atoms with E-state index in [1.807, 2.05) is 11.8 Å². The molecule has 2 bridgehead atoms. The first-order chi connectivity index (χ1) is 8.16. The molecule has 94 valence electrons. The van der Waals surface area contributed by atoms with Gasteiger partial charge in [-0.3, -0.25) is 4.79 Å². The minimum atomic E-state index is -0.860. The fourth-order valence-corrected chi connectivity index (χ4v) is 4.43. The number of amides is 1. The number of fused-ring (bicyclic) bond motifs is 3. The third-order valence-electron chi connectivity index (χ3n) is 3.95. The van der Waals surface area contributed by atoms with Gasteiger partial charge in [0.2, 0.25) is 5.91 Å². The van der Waals surface area contributed by atoms with E-state index in [2.05, 4.69) is 5.32 Å². The summed E-state index contributed by atoms with van der Waals surface area (Å²) in [5.41, 5.74) is 0. The molecule has 0 aromatic carbocycles. The van der Waals surface area contributed by atoms with Crippen molar-refractivity contribution in [3.63, 3.8) is 0 Å². The van der Waals surface area contributed by atoms with Crippen LogP contribution in [0.5, 0.6) is 0 Å². The van der Waals surface area contributed by atoms with Crippen molar-refractivity contribution in [3.8, 4) is 0 Å². The molecule has 2 N–H and O–H groups in total. The number of aliphatic carboxylic acids is 1. The molecular formula is C11H16N2O3S. The summed E-state index contributed by atoms with van der Waals surface area (Å²) in [7, 11) is 0. The second-order valence-electron chi connectivity index (χ2n) is 4.98. The van der Waals surface area contributed by atoms with Gasteiger partial charge in [0.25, 0.3) is 0 Å². The van der Waals surface area contributed by atoms with Gasteiger partial charge >= 0.3 is 5.97 Å². The molecule has 3 aliphatic rings. The molecule has 0 saturated carbocycles. The number of carboxylic acids is 1. The molecular weight excluding hydrogens is 240 g/mol. The van der Waals surface area contributed by atoms with Crippen molar-refractivity contribution >= 4 is 23.6 Å². The van der Waals surface area contributed by atoms with Crippen molar-refractivity contribution in [2.24, 2.45) is 0 Å². The van der Waals surface area contributed by atoms with E-state index in [1.54, 1.807) is 4.90 Å². The second kappa shape index (κ2) is 4.17. The lowest BCUT2D eigenvalue weighted by Gasteiger charge is -2.32. The largest absolute Gasteiger partial charge is 0.480 e. The molecule has 3 aliphatic heterocycles. The van der Waals surface area contributed by atoms with Gasteiger partial charge in [-0.1, -0.05) is 0 Å². The van der Waals surface area contributed by atoms with Crippen molar-refractivity contribution in [3.05, 3.63) is 0 Å². The predicted molar refractivity (Wildman–Crippen MR) is 63.9 cm³/mol. The minimum absolute atomic E-state index is 0.00250. The smallest absolute Gasteiger partial charge is 0.326 e. The maximum Gasteiger partial charge on any atom is 0.326 e. The fraction of sp³-hybridized carbons (Fsp3) is 0.818. The van der Waals surface area contributed by atoms with Gasteiger partial charge < -0.3 is 15.3 Å². The number of rotatable bonds is 1. The van der Waals surface area contributed by atoms with Gasteiger partial charge in [0, 0.05) is 23.6 Å². The number of hydrogen-bond donors (Lipinski definition) is 2. The quantitative estimate of drug-likeness (QED) is 0.686. The monoisotopic (exact) mass is 256 g/mol. The van der Waals surface area contributed by atoms with Crippen LogP contribution in [-0.4, -0.2) is 57.6 Å². The predicted octanol–water partition coefficient (Wildman–Crippen LogP) is -0.0921. The summed E-state index contributed by atoms with van der Waals surface area (Å²) in [6, 6.07) is -0.638. The minimum Gasteiger partial charge on any atom is -0.480 e. The third-order valence-corrected chi connectivity index (χ3v) is 5.36. The van der Waals surface area contributed by atoms with E-state index in [0.717, 1.165) is 25.1 Å². The average Bonchev–Trinajstić information content (AvgIpc) is 2.90. The number of carboxylic acid groups (broad SMARTS) is 1. The van der Waals surface area contributed by atoms with E-state index in [4.69, 9.17) is 0 Å². The first kappa shape index (κ1) is 11.3. The van der Waals surface area contributed by atoms with Gasteiger partial charge in [0.15, 0.2) is 0 Å². The summed E-state index contributed by atoms with van der Waals surface area (Å²) in [6.45, 7) is 0.874. The SMILES string of the molecule is O=C(O)[C@@H]1CCC2CS[C@@H]3CN[C@H](C3)C(=O)N21. The normalized spacial score (nSPS) is 40.9. The Balaban J connectivity index is 1.87. The average molecular weight is 256 g/mol. The van der Waals surface area contributed by atoms with E-state index in [0.29, 0.717) is 11.7 Å². The van der Waals surface area contributed by atoms with Crippen LogP contribution in [0.2, 0.25) is 0 Å². The van der Waals surface area contributed by atoms with E-state index < -0.39 is 12.0 Å². The van der Waals surface area contributed by atoms with Crippen LogP contribution < -0.4 is 5.32 Å². The summed E-state index contributed by atoms with van der Waals surface area (Å²) in [5.74, 6) is 0.0258. The Morgan fingerprint density at radius 1 is 1.47 bits per heavy atom. The van der Waals surface area contributed by atoms with Gasteiger partial charge in [0.05, 0.1) is 6.04 Å². The summed E-state index contributed by atoms with van der Waals surface area (Å²) in [6.07, 6.45) is 2.28. The van der Waals surface area contributed by atoms with E-state index >= 15 is 0 Å². The molecule has 4 atom stereocenters. The highest BCUT2D eigenvalue weighted by Gasteiger charge is 2.46. The lowest BCUT2D eigenvalue weighted by molar-refractivity contribution is -0.150. The lowest BCUT2D eigenvalue weighted by atomic mass is 10.1. The first-order valence-electron chi connectivity index (χ1n) is 6.07. The molecule has 6 heteroatoms. The standard InChI is InChI=1S/C11H16N2O3S/c14-10-8-3-7(4-12-8)17-5-6-1-2-9(11(15)16)13(6)10/h6-9,12H,1-5H2,(H,15,16)/t6?,7-,8+,9-/m0/s1. The number of carbonyl (C=O) groups is 2. The second-order valence-corrected chi connectivity index (χ2v) is 6.32. The van der Waals surface area contributed by atoms with Crippen molar-refractivity contribution in [2.75, 3.05) is 12.3 Å². The van der Waals surface area contributed by atoms with Crippen LogP contribution in [0.1, 0.15) is 19.3 Å². The molecule has 3 saturated heterocycles. The highest BCUT2D eigenvalue weighted by Crippen LogP contribution is 2.34. The molecule has 0 aliphatic carbocycles. The van der Waals surface area contributed by atoms with Crippen molar-refractivity contribution < 1.29 is 14.7 Å². The molecule has 17 heavy (non-hydrogen) atoms. The zero-order valence-electron chi connectivity index (χ0n) is 9.46. The Morgan fingerprint density at radius 3 is 3.06 bits per heavy atom. The fourth-order valence-electron chi connectivity index (χ4n) is 3.07. The molecule has 0 aromatic heterocycles. The molecule has 0 aromatic rings. The Morgan fingerprint density at radius 2 is 2.29 bits per heavy atom. The summed E-state index contributed by atoms with van der Waals surface area (Å²) in [4.78, 5) is 25.2. The van der Waals surface area contributed by atoms with Crippen molar-refractivity contribution in [1.29, 1.82) is 0 Å². The Bertz CT molecular complexity index is 363. The molecule has 5 nitrogen and oxygen atoms in total. The topological polar surface area (TPSA) is 69.6 Å². The number of hydrogen-bond acceptors (Lipinski definition) is 4. The highest BCUT2D eigenvalue weighted by atomic mass is 32.2. The van der Waals surface area contributed by atoms with Gasteiger partial charge in [-0.2, -0.15) is 11.8 Å². The zero-order valence-corrected chi connectivity index (χ0v) is 10.3. The molecule has 0 spiro atoms. The Labute approximate surface area is 104 Å². The molecule has 1 unspecified atom stereocenters. The van der Waals surface area contributed by atoms with Gasteiger partial charge in [-0.25, -0.2) is 4.79 Å². The van der Waals surface area contributed by atoms with Crippen LogP contribution in [0.25, 0.3) is 0 Å².